The summed E-state index contributed by atoms with van der Waals surface area (Å²) >= 11 is 0. The van der Waals surface area contributed by atoms with Crippen molar-refractivity contribution in [3.63, 3.8) is 0 Å². The van der Waals surface area contributed by atoms with Gasteiger partial charge in [-0.05, 0) is 13.8 Å². The smallest absolute Gasteiger partial charge is 0 e. The van der Waals surface area contributed by atoms with Gasteiger partial charge in [-0.1, -0.05) is 35.4 Å². The maximum Gasteiger partial charge on any atom is 0 e. The Morgan fingerprint density at radius 3 is 1.57 bits per heavy atom. The van der Waals surface area contributed by atoms with E-state index in [-0.39, 0.29) is 26.2 Å². The van der Waals surface area contributed by atoms with Crippen molar-refractivity contribution in [3.05, 3.63) is 92.2 Å². The molecule has 0 fully saturated rings. The first-order valence-electron chi connectivity index (χ1n) is 7.49. The normalized spacial score (nSPS) is 7.83. The maximum atomic E-state index is 4.68. The van der Waals surface area contributed by atoms with Crippen molar-refractivity contribution in [2.24, 2.45) is 0 Å². The molecule has 128 valence electrons. The zero-order chi connectivity index (χ0) is 17.5. The van der Waals surface area contributed by atoms with Gasteiger partial charge in [0.1, 0.15) is 0 Å². The van der Waals surface area contributed by atoms with E-state index in [1.165, 1.54) is 11.1 Å². The van der Waals surface area contributed by atoms with Crippen LogP contribution in [0, 0.1) is 41.5 Å². The number of rotatable bonds is 2. The number of aryl methyl sites for hydroxylation is 2. The van der Waals surface area contributed by atoms with Crippen molar-refractivity contribution in [1.29, 1.82) is 0 Å². The quantitative estimate of drug-likeness (QED) is 0.478. The van der Waals surface area contributed by atoms with E-state index in [2.05, 4.69) is 65.1 Å². The largest absolute Gasteiger partial charge is 0.715 e. The molecule has 2 aromatic rings. The summed E-state index contributed by atoms with van der Waals surface area (Å²) in [5.74, 6) is 0. The molecule has 1 nitrogen and oxygen atoms in total. The molecule has 0 aromatic heterocycles. The first-order chi connectivity index (χ1) is 10.7. The molecule has 0 unspecified atom stereocenters. The van der Waals surface area contributed by atoms with Crippen LogP contribution in [0.3, 0.4) is 0 Å². The van der Waals surface area contributed by atoms with Crippen molar-refractivity contribution in [2.75, 3.05) is 0 Å². The minimum absolute atomic E-state index is 0. The molecule has 0 amide bonds. The van der Waals surface area contributed by atoms with Crippen LogP contribution in [0.4, 0.5) is 11.4 Å². The van der Waals surface area contributed by atoms with E-state index in [0.717, 1.165) is 16.9 Å². The van der Waals surface area contributed by atoms with Crippen molar-refractivity contribution >= 4 is 11.4 Å². The average molecular weight is 388 g/mol. The van der Waals surface area contributed by atoms with E-state index >= 15 is 0 Å². The van der Waals surface area contributed by atoms with Crippen molar-refractivity contribution < 1.29 is 26.2 Å². The van der Waals surface area contributed by atoms with Crippen LogP contribution in [-0.4, -0.2) is 0 Å². The third kappa shape index (κ3) is 9.66. The second-order valence-electron chi connectivity index (χ2n) is 3.98. The van der Waals surface area contributed by atoms with Crippen LogP contribution in [0.5, 0.6) is 0 Å². The van der Waals surface area contributed by atoms with E-state index < -0.39 is 0 Å². The molecule has 0 N–H and O–H groups in total. The summed E-state index contributed by atoms with van der Waals surface area (Å²) in [6.07, 6.45) is 0. The molecule has 23 heavy (non-hydrogen) atoms. The van der Waals surface area contributed by atoms with Crippen molar-refractivity contribution in [3.8, 4) is 0 Å². The molecule has 0 aliphatic carbocycles. The number of hydrogen-bond acceptors (Lipinski definition) is 0. The maximum absolute atomic E-state index is 4.68. The Labute approximate surface area is 164 Å². The van der Waals surface area contributed by atoms with E-state index in [4.69, 9.17) is 0 Å². The summed E-state index contributed by atoms with van der Waals surface area (Å²) in [7, 11) is 0. The monoisotopic (exact) mass is 386 g/mol. The van der Waals surface area contributed by atoms with Gasteiger partial charge in [0.2, 0.25) is 0 Å². The molecule has 0 saturated heterocycles. The summed E-state index contributed by atoms with van der Waals surface area (Å²) in [6.45, 7) is 23.1. The molecule has 2 rings (SSSR count). The molecule has 2 aromatic carbocycles. The number of para-hydroxylation sites is 2. The Morgan fingerprint density at radius 2 is 1.13 bits per heavy atom. The van der Waals surface area contributed by atoms with Gasteiger partial charge in [-0.3, -0.25) is 5.69 Å². The van der Waals surface area contributed by atoms with E-state index in [1.807, 2.05) is 24.3 Å². The standard InChI is InChI=1S/C15H15N.3C2H5.Zr/c1-11-7-4-5-10-14(11)16-15-12(2)8-6-9-13(15)3;3*1-2;/h4-10H,1H2,2-3H3;3*1H2,2H3;/q-2;3*-1;. The van der Waals surface area contributed by atoms with Gasteiger partial charge in [0.05, 0.1) is 0 Å². The molecule has 0 heterocycles. The summed E-state index contributed by atoms with van der Waals surface area (Å²) in [5, 5.41) is 4.68. The molecule has 0 spiro atoms. The SMILES string of the molecule is [CH2-]C.[CH2-]C.[CH2-]C.[CH2-]c1ccccc1[N-]c1c(C)cccc1C.[Zr]. The topological polar surface area (TPSA) is 14.1 Å². The first-order valence-corrected chi connectivity index (χ1v) is 7.49. The van der Waals surface area contributed by atoms with Gasteiger partial charge in [-0.2, -0.15) is 26.8 Å². The number of benzene rings is 2. The van der Waals surface area contributed by atoms with Gasteiger partial charge in [-0.25, -0.2) is 12.5 Å². The van der Waals surface area contributed by atoms with Crippen LogP contribution in [0.2, 0.25) is 0 Å². The molecule has 2 heteroatoms. The van der Waals surface area contributed by atoms with Gasteiger partial charge in [0, 0.05) is 26.2 Å². The summed E-state index contributed by atoms with van der Waals surface area (Å²) < 4.78 is 0. The molecular formula is C21H30NZr-5. The summed E-state index contributed by atoms with van der Waals surface area (Å²) in [5.41, 5.74) is 5.36. The van der Waals surface area contributed by atoms with Gasteiger partial charge in [0.15, 0.2) is 0 Å². The molecule has 0 aliphatic rings. The van der Waals surface area contributed by atoms with Crippen LogP contribution in [0.15, 0.2) is 42.5 Å². The Morgan fingerprint density at radius 1 is 0.696 bits per heavy atom. The fraction of sp³-hybridized carbons (Fsp3) is 0.238. The molecule has 0 bridgehead atoms. The van der Waals surface area contributed by atoms with E-state index in [1.54, 1.807) is 20.8 Å². The molecular weight excluding hydrogens is 357 g/mol. The fourth-order valence-electron chi connectivity index (χ4n) is 1.72. The third-order valence-corrected chi connectivity index (χ3v) is 2.66. The Kier molecular flexibility index (Phi) is 20.3. The average Bonchev–Trinajstić information content (AvgIpc) is 2.58. The van der Waals surface area contributed by atoms with Crippen LogP contribution in [-0.2, 0) is 26.2 Å². The van der Waals surface area contributed by atoms with E-state index in [9.17, 15) is 0 Å². The van der Waals surface area contributed by atoms with Crippen molar-refractivity contribution in [2.45, 2.75) is 34.6 Å². The minimum Gasteiger partial charge on any atom is -0.715 e. The molecule has 0 saturated carbocycles. The second-order valence-corrected chi connectivity index (χ2v) is 3.98. The van der Waals surface area contributed by atoms with Gasteiger partial charge >= 0.3 is 0 Å². The Hall–Kier alpha value is -1.01. The van der Waals surface area contributed by atoms with Gasteiger partial charge < -0.3 is 26.1 Å². The van der Waals surface area contributed by atoms with Crippen molar-refractivity contribution in [1.82, 2.24) is 0 Å². The molecule has 0 atom stereocenters. The first kappa shape index (κ1) is 26.9. The minimum atomic E-state index is 0. The van der Waals surface area contributed by atoms with Crippen LogP contribution in [0.25, 0.3) is 5.32 Å². The molecule has 0 radical (unpaired) electrons. The summed E-state index contributed by atoms with van der Waals surface area (Å²) in [6, 6.07) is 14.2. The van der Waals surface area contributed by atoms with Gasteiger partial charge in [-0.15, -0.1) is 17.8 Å². The summed E-state index contributed by atoms with van der Waals surface area (Å²) in [4.78, 5) is 0. The van der Waals surface area contributed by atoms with Crippen LogP contribution in [0.1, 0.15) is 37.5 Å². The third-order valence-electron chi connectivity index (χ3n) is 2.66. The fourth-order valence-corrected chi connectivity index (χ4v) is 1.72. The predicted octanol–water partition coefficient (Wildman–Crippen LogP) is 7.34. The van der Waals surface area contributed by atoms with Crippen LogP contribution < -0.4 is 0 Å². The number of nitrogens with zero attached hydrogens (tertiary/aromatic N) is 1. The Bertz CT molecular complexity index is 487. The zero-order valence-corrected chi connectivity index (χ0v) is 17.8. The van der Waals surface area contributed by atoms with Gasteiger partial charge in [0.25, 0.3) is 0 Å². The second kappa shape index (κ2) is 17.3. The number of hydrogen-bond donors (Lipinski definition) is 0. The molecule has 0 aliphatic heterocycles. The zero-order valence-electron chi connectivity index (χ0n) is 15.3. The van der Waals surface area contributed by atoms with Crippen LogP contribution >= 0.6 is 0 Å². The Balaban J connectivity index is -0.000000514. The predicted molar refractivity (Wildman–Crippen MR) is 103 cm³/mol. The van der Waals surface area contributed by atoms with E-state index in [0.29, 0.717) is 0 Å².